The molecule has 0 amide bonds. The second-order valence-corrected chi connectivity index (χ2v) is 7.43. The van der Waals surface area contributed by atoms with E-state index in [1.54, 1.807) is 11.3 Å². The van der Waals surface area contributed by atoms with E-state index in [-0.39, 0.29) is 5.41 Å². The van der Waals surface area contributed by atoms with Crippen molar-refractivity contribution in [3.8, 4) is 0 Å². The molecular formula is C17H26N2O2S. The van der Waals surface area contributed by atoms with Crippen molar-refractivity contribution < 1.29 is 9.47 Å². The highest BCUT2D eigenvalue weighted by atomic mass is 32.1. The zero-order valence-electron chi connectivity index (χ0n) is 13.4. The largest absolute Gasteiger partial charge is 0.377 e. The minimum Gasteiger partial charge on any atom is -0.377 e. The molecule has 2 aliphatic rings. The topological polar surface area (TPSA) is 34.6 Å². The number of fused-ring (bicyclic) bond motifs is 1. The summed E-state index contributed by atoms with van der Waals surface area (Å²) in [5.41, 5.74) is 3.27. The maximum atomic E-state index is 6.08. The van der Waals surface area contributed by atoms with E-state index in [4.69, 9.17) is 9.47 Å². The summed E-state index contributed by atoms with van der Waals surface area (Å²) in [6, 6.07) is 0. The fraction of sp³-hybridized carbons (Fsp3) is 0.706. The van der Waals surface area contributed by atoms with Crippen LogP contribution in [0.3, 0.4) is 0 Å². The van der Waals surface area contributed by atoms with Crippen molar-refractivity contribution in [1.82, 2.24) is 9.88 Å². The number of piperidine rings is 1. The van der Waals surface area contributed by atoms with Gasteiger partial charge in [0.2, 0.25) is 0 Å². The summed E-state index contributed by atoms with van der Waals surface area (Å²) >= 11 is 1.76. The lowest BCUT2D eigenvalue weighted by atomic mass is 9.73. The Bertz CT molecular complexity index is 505. The molecule has 0 unspecified atom stereocenters. The Morgan fingerprint density at radius 3 is 3.32 bits per heavy atom. The molecule has 2 saturated heterocycles. The van der Waals surface area contributed by atoms with Gasteiger partial charge in [-0.2, -0.15) is 0 Å². The summed E-state index contributed by atoms with van der Waals surface area (Å²) in [6.07, 6.45) is 5.63. The molecule has 5 heteroatoms. The standard InChI is InChI=1S/C17H26N2O2S/c1-3-8-20-12-17-6-4-9-21-16(17)5-7-19(11-17)10-15-14(2)18-13-22-15/h3,13,16H,1,4-12H2,2H3/t16-,17-/m1/s1. The number of ether oxygens (including phenoxy) is 2. The summed E-state index contributed by atoms with van der Waals surface area (Å²) in [5, 5.41) is 0. The maximum absolute atomic E-state index is 6.08. The van der Waals surface area contributed by atoms with E-state index in [9.17, 15) is 0 Å². The van der Waals surface area contributed by atoms with E-state index in [1.165, 1.54) is 17.0 Å². The minimum atomic E-state index is 0.151. The first-order valence-electron chi connectivity index (χ1n) is 8.15. The van der Waals surface area contributed by atoms with Crippen LogP contribution in [0.4, 0.5) is 0 Å². The number of thiazole rings is 1. The van der Waals surface area contributed by atoms with Crippen LogP contribution in [0, 0.1) is 12.3 Å². The van der Waals surface area contributed by atoms with E-state index >= 15 is 0 Å². The van der Waals surface area contributed by atoms with Crippen LogP contribution >= 0.6 is 11.3 Å². The molecule has 22 heavy (non-hydrogen) atoms. The van der Waals surface area contributed by atoms with Crippen LogP contribution in [-0.2, 0) is 16.0 Å². The molecule has 2 aliphatic heterocycles. The van der Waals surface area contributed by atoms with E-state index in [0.29, 0.717) is 12.7 Å². The van der Waals surface area contributed by atoms with E-state index < -0.39 is 0 Å². The highest BCUT2D eigenvalue weighted by molar-refractivity contribution is 7.09. The molecule has 0 bridgehead atoms. The lowest BCUT2D eigenvalue weighted by Gasteiger charge is -2.50. The van der Waals surface area contributed by atoms with E-state index in [2.05, 4.69) is 23.4 Å². The lowest BCUT2D eigenvalue weighted by molar-refractivity contribution is -0.151. The molecular weight excluding hydrogens is 296 g/mol. The summed E-state index contributed by atoms with van der Waals surface area (Å²) in [4.78, 5) is 8.32. The van der Waals surface area contributed by atoms with Crippen molar-refractivity contribution in [1.29, 1.82) is 0 Å². The molecule has 0 aliphatic carbocycles. The van der Waals surface area contributed by atoms with Crippen LogP contribution in [0.25, 0.3) is 0 Å². The number of hydrogen-bond acceptors (Lipinski definition) is 5. The molecule has 0 aromatic carbocycles. The number of aromatic nitrogens is 1. The number of aryl methyl sites for hydroxylation is 1. The van der Waals surface area contributed by atoms with Gasteiger partial charge in [-0.3, -0.25) is 4.90 Å². The van der Waals surface area contributed by atoms with Gasteiger partial charge in [-0.25, -0.2) is 4.98 Å². The normalized spacial score (nSPS) is 29.2. The Labute approximate surface area is 137 Å². The van der Waals surface area contributed by atoms with Gasteiger partial charge >= 0.3 is 0 Å². The Balaban J connectivity index is 1.68. The first kappa shape index (κ1) is 16.1. The second-order valence-electron chi connectivity index (χ2n) is 6.49. The monoisotopic (exact) mass is 322 g/mol. The van der Waals surface area contributed by atoms with Crippen LogP contribution < -0.4 is 0 Å². The van der Waals surface area contributed by atoms with Gasteiger partial charge in [-0.1, -0.05) is 6.08 Å². The molecule has 2 fully saturated rings. The van der Waals surface area contributed by atoms with Gasteiger partial charge in [0.1, 0.15) is 0 Å². The average molecular weight is 322 g/mol. The van der Waals surface area contributed by atoms with Crippen molar-refractivity contribution >= 4 is 11.3 Å². The van der Waals surface area contributed by atoms with Gasteiger partial charge in [0.25, 0.3) is 0 Å². The highest BCUT2D eigenvalue weighted by Gasteiger charge is 2.46. The van der Waals surface area contributed by atoms with Gasteiger partial charge in [0.15, 0.2) is 0 Å². The van der Waals surface area contributed by atoms with Crippen LogP contribution in [0.5, 0.6) is 0 Å². The van der Waals surface area contributed by atoms with E-state index in [0.717, 1.165) is 45.7 Å². The van der Waals surface area contributed by atoms with Crippen LogP contribution in [0.15, 0.2) is 18.2 Å². The highest BCUT2D eigenvalue weighted by Crippen LogP contribution is 2.41. The zero-order chi connectivity index (χ0) is 15.4. The number of rotatable bonds is 6. The van der Waals surface area contributed by atoms with Crippen molar-refractivity contribution in [2.45, 2.75) is 38.8 Å². The summed E-state index contributed by atoms with van der Waals surface area (Å²) in [7, 11) is 0. The smallest absolute Gasteiger partial charge is 0.0798 e. The fourth-order valence-corrected chi connectivity index (χ4v) is 4.57. The number of hydrogen-bond donors (Lipinski definition) is 0. The van der Waals surface area contributed by atoms with Crippen molar-refractivity contribution in [3.05, 3.63) is 28.7 Å². The van der Waals surface area contributed by atoms with Crippen molar-refractivity contribution in [2.75, 3.05) is 32.9 Å². The van der Waals surface area contributed by atoms with Crippen LogP contribution in [0.2, 0.25) is 0 Å². The SMILES string of the molecule is C=CCOC[C@]12CCCO[C@@H]1CCN(Cc1scnc1C)C2. The molecule has 0 saturated carbocycles. The summed E-state index contributed by atoms with van der Waals surface area (Å²) in [5.74, 6) is 0. The number of nitrogens with zero attached hydrogens (tertiary/aromatic N) is 2. The Morgan fingerprint density at radius 2 is 2.55 bits per heavy atom. The average Bonchev–Trinajstić information content (AvgIpc) is 2.92. The van der Waals surface area contributed by atoms with Crippen LogP contribution in [-0.4, -0.2) is 48.9 Å². The predicted molar refractivity (Wildman–Crippen MR) is 89.2 cm³/mol. The van der Waals surface area contributed by atoms with Gasteiger partial charge in [-0.05, 0) is 26.2 Å². The molecule has 2 atom stereocenters. The lowest BCUT2D eigenvalue weighted by Crippen LogP contribution is -2.56. The van der Waals surface area contributed by atoms with Crippen LogP contribution in [0.1, 0.15) is 29.8 Å². The molecule has 1 aromatic rings. The molecule has 0 radical (unpaired) electrons. The Hall–Kier alpha value is -0.750. The Kier molecular flexibility index (Phi) is 5.29. The van der Waals surface area contributed by atoms with Gasteiger partial charge in [-0.15, -0.1) is 17.9 Å². The molecule has 1 aromatic heterocycles. The van der Waals surface area contributed by atoms with Crippen molar-refractivity contribution in [3.63, 3.8) is 0 Å². The fourth-order valence-electron chi connectivity index (χ4n) is 3.75. The molecule has 3 rings (SSSR count). The molecule has 0 N–H and O–H groups in total. The van der Waals surface area contributed by atoms with Gasteiger partial charge in [0, 0.05) is 36.5 Å². The first-order chi connectivity index (χ1) is 10.7. The molecule has 4 nitrogen and oxygen atoms in total. The van der Waals surface area contributed by atoms with Gasteiger partial charge in [0.05, 0.1) is 30.5 Å². The number of likely N-dealkylation sites (tertiary alicyclic amines) is 1. The van der Waals surface area contributed by atoms with E-state index in [1.807, 2.05) is 11.6 Å². The maximum Gasteiger partial charge on any atom is 0.0798 e. The minimum absolute atomic E-state index is 0.151. The van der Waals surface area contributed by atoms with Crippen molar-refractivity contribution in [2.24, 2.45) is 5.41 Å². The third-order valence-electron chi connectivity index (χ3n) is 4.90. The summed E-state index contributed by atoms with van der Waals surface area (Å²) < 4.78 is 11.9. The Morgan fingerprint density at radius 1 is 1.64 bits per heavy atom. The van der Waals surface area contributed by atoms with Gasteiger partial charge < -0.3 is 9.47 Å². The quantitative estimate of drug-likeness (QED) is 0.596. The molecule has 122 valence electrons. The predicted octanol–water partition coefficient (Wildman–Crippen LogP) is 3.03. The third kappa shape index (κ3) is 3.43. The molecule has 3 heterocycles. The second kappa shape index (κ2) is 7.21. The molecule has 0 spiro atoms. The summed E-state index contributed by atoms with van der Waals surface area (Å²) in [6.45, 7) is 11.3. The zero-order valence-corrected chi connectivity index (χ0v) is 14.2. The third-order valence-corrected chi connectivity index (χ3v) is 5.82. The first-order valence-corrected chi connectivity index (χ1v) is 9.03.